The van der Waals surface area contributed by atoms with Gasteiger partial charge in [-0.25, -0.2) is 4.79 Å². The molecule has 0 spiro atoms. The van der Waals surface area contributed by atoms with Crippen LogP contribution in [0.3, 0.4) is 0 Å². The number of benzene rings is 1. The number of amides is 1. The first-order valence-electron chi connectivity index (χ1n) is 16.6. The van der Waals surface area contributed by atoms with Crippen molar-refractivity contribution < 1.29 is 58.9 Å². The standard InChI is InChI=1S/C35H44N2O12/c1-33-12-10-21(38)16-20(33)5-6-22-23-11-13-35(45,34(23,2)17-27(40)31(22)33)28(41)18-49-30(43)9-8-29(42)36-24(32(44)48-3)14-19-4-7-26(39)25(15-19)37(46)47/h4,7,15-16,22-24,31,39,45-47H,5-6,8-14,17-18H2,1-3H3,(H,36,42)/p-1/t22-,23-,24?,31+,33-,34-,35-/m0/s1. The number of allylic oxidation sites excluding steroid dienone is 1. The van der Waals surface area contributed by atoms with Crippen LogP contribution in [0.25, 0.3) is 0 Å². The summed E-state index contributed by atoms with van der Waals surface area (Å²) in [6, 6.07) is 2.30. The third-order valence-corrected chi connectivity index (χ3v) is 11.7. The fraction of sp³-hybridized carbons (Fsp3) is 0.600. The third kappa shape index (κ3) is 6.61. The lowest BCUT2D eigenvalue weighted by Crippen LogP contribution is -2.61. The summed E-state index contributed by atoms with van der Waals surface area (Å²) in [6.45, 7) is 3.11. The Bertz CT molecular complexity index is 1590. The van der Waals surface area contributed by atoms with E-state index in [1.165, 1.54) is 6.07 Å². The zero-order chi connectivity index (χ0) is 35.9. The quantitative estimate of drug-likeness (QED) is 0.194. The van der Waals surface area contributed by atoms with Crippen LogP contribution >= 0.6 is 0 Å². The van der Waals surface area contributed by atoms with E-state index in [0.717, 1.165) is 24.8 Å². The van der Waals surface area contributed by atoms with Crippen LogP contribution in [0.15, 0.2) is 29.8 Å². The Hall–Kier alpha value is -4.14. The van der Waals surface area contributed by atoms with Crippen molar-refractivity contribution in [2.75, 3.05) is 18.9 Å². The van der Waals surface area contributed by atoms with E-state index >= 15 is 0 Å². The average Bonchev–Trinajstić information content (AvgIpc) is 3.33. The highest BCUT2D eigenvalue weighted by molar-refractivity contribution is 5.95. The molecule has 3 saturated carbocycles. The van der Waals surface area contributed by atoms with Gasteiger partial charge in [-0.3, -0.25) is 34.4 Å². The maximum Gasteiger partial charge on any atom is 0.328 e. The molecule has 1 unspecified atom stereocenters. The Morgan fingerprint density at radius 1 is 1.08 bits per heavy atom. The molecule has 1 aromatic rings. The van der Waals surface area contributed by atoms with E-state index in [1.807, 2.05) is 0 Å². The molecule has 3 fully saturated rings. The van der Waals surface area contributed by atoms with Crippen LogP contribution in [0.5, 0.6) is 5.75 Å². The van der Waals surface area contributed by atoms with Gasteiger partial charge in [0, 0.05) is 37.0 Å². The highest BCUT2D eigenvalue weighted by Gasteiger charge is 2.68. The van der Waals surface area contributed by atoms with E-state index in [-0.39, 0.29) is 53.8 Å². The Balaban J connectivity index is 1.16. The summed E-state index contributed by atoms with van der Waals surface area (Å²) < 4.78 is 9.91. The van der Waals surface area contributed by atoms with Crippen molar-refractivity contribution in [3.8, 4) is 5.75 Å². The Kier molecular flexibility index (Phi) is 10.1. The van der Waals surface area contributed by atoms with Gasteiger partial charge >= 0.3 is 11.9 Å². The van der Waals surface area contributed by atoms with Crippen molar-refractivity contribution in [2.24, 2.45) is 28.6 Å². The number of hydrogen-bond donors (Lipinski definition) is 4. The molecule has 49 heavy (non-hydrogen) atoms. The van der Waals surface area contributed by atoms with Crippen molar-refractivity contribution in [2.45, 2.75) is 89.7 Å². The van der Waals surface area contributed by atoms with Gasteiger partial charge in [-0.2, -0.15) is 0 Å². The van der Waals surface area contributed by atoms with Crippen molar-refractivity contribution >= 4 is 40.9 Å². The normalized spacial score (nSPS) is 31.0. The van der Waals surface area contributed by atoms with Gasteiger partial charge in [0.1, 0.15) is 17.4 Å². The van der Waals surface area contributed by atoms with Crippen LogP contribution in [0.4, 0.5) is 5.69 Å². The fourth-order valence-electron chi connectivity index (χ4n) is 9.08. The lowest BCUT2D eigenvalue weighted by atomic mass is 9.46. The second kappa shape index (κ2) is 13.6. The number of fused-ring (bicyclic) bond motifs is 5. The molecule has 0 saturated heterocycles. The van der Waals surface area contributed by atoms with Gasteiger partial charge in [0.25, 0.3) is 0 Å². The second-order valence-electron chi connectivity index (χ2n) is 14.3. The minimum atomic E-state index is -1.88. The van der Waals surface area contributed by atoms with E-state index in [4.69, 9.17) is 9.47 Å². The molecule has 4 aliphatic rings. The summed E-state index contributed by atoms with van der Waals surface area (Å²) in [5.41, 5.74) is -2.46. The molecule has 14 nitrogen and oxygen atoms in total. The number of nitrogens with zero attached hydrogens (tertiary/aromatic N) is 1. The van der Waals surface area contributed by atoms with Gasteiger partial charge in [0.05, 0.1) is 19.2 Å². The van der Waals surface area contributed by atoms with E-state index < -0.39 is 77.0 Å². The number of ether oxygens (including phenoxy) is 2. The van der Waals surface area contributed by atoms with Crippen LogP contribution < -0.4 is 15.6 Å². The number of carbonyl (C=O) groups is 6. The summed E-state index contributed by atoms with van der Waals surface area (Å²) in [5, 5.41) is 44.2. The maximum absolute atomic E-state index is 13.8. The van der Waals surface area contributed by atoms with Crippen molar-refractivity contribution in [3.05, 3.63) is 35.4 Å². The molecule has 1 aromatic carbocycles. The first kappa shape index (κ1) is 36.1. The molecule has 4 aliphatic carbocycles. The van der Waals surface area contributed by atoms with Gasteiger partial charge < -0.3 is 25.0 Å². The number of aliphatic hydroxyl groups is 1. The Morgan fingerprint density at radius 3 is 2.51 bits per heavy atom. The van der Waals surface area contributed by atoms with Gasteiger partial charge in [-0.05, 0) is 67.1 Å². The minimum Gasteiger partial charge on any atom is -0.871 e. The van der Waals surface area contributed by atoms with Crippen molar-refractivity contribution in [3.63, 3.8) is 0 Å². The largest absolute Gasteiger partial charge is 0.871 e. The summed E-state index contributed by atoms with van der Waals surface area (Å²) >= 11 is 0. The summed E-state index contributed by atoms with van der Waals surface area (Å²) in [6.07, 6.45) is 3.77. The van der Waals surface area contributed by atoms with Gasteiger partial charge in [-0.15, -0.1) is 5.23 Å². The first-order chi connectivity index (χ1) is 23.0. The van der Waals surface area contributed by atoms with Crippen molar-refractivity contribution in [1.29, 1.82) is 0 Å². The van der Waals surface area contributed by atoms with Crippen LogP contribution in [-0.4, -0.2) is 76.1 Å². The number of methoxy groups -OCH3 is 1. The van der Waals surface area contributed by atoms with E-state index in [9.17, 15) is 49.4 Å². The van der Waals surface area contributed by atoms with Gasteiger partial charge in [0.15, 0.2) is 12.4 Å². The van der Waals surface area contributed by atoms with Crippen LogP contribution in [0, 0.1) is 28.6 Å². The maximum atomic E-state index is 13.8. The number of ketones is 3. The number of rotatable bonds is 11. The number of anilines is 1. The van der Waals surface area contributed by atoms with Gasteiger partial charge in [-0.1, -0.05) is 37.3 Å². The number of hydrogen-bond acceptors (Lipinski definition) is 13. The molecule has 0 aromatic heterocycles. The molecular weight excluding hydrogens is 640 g/mol. The molecule has 7 atom stereocenters. The zero-order valence-corrected chi connectivity index (χ0v) is 27.9. The van der Waals surface area contributed by atoms with E-state index in [2.05, 4.69) is 12.2 Å². The van der Waals surface area contributed by atoms with Crippen LogP contribution in [-0.2, 0) is 44.7 Å². The average molecular weight is 684 g/mol. The first-order valence-corrected chi connectivity index (χ1v) is 16.6. The lowest BCUT2D eigenvalue weighted by molar-refractivity contribution is -0.268. The summed E-state index contributed by atoms with van der Waals surface area (Å²) in [4.78, 5) is 77.0. The van der Waals surface area contributed by atoms with E-state index in [1.54, 1.807) is 13.0 Å². The van der Waals surface area contributed by atoms with E-state index in [0.29, 0.717) is 37.7 Å². The predicted octanol–water partition coefficient (Wildman–Crippen LogP) is 1.88. The summed E-state index contributed by atoms with van der Waals surface area (Å²) in [7, 11) is 1.11. The Labute approximate surface area is 283 Å². The highest BCUT2D eigenvalue weighted by Crippen LogP contribution is 2.66. The molecule has 5 rings (SSSR count). The fourth-order valence-corrected chi connectivity index (χ4v) is 9.08. The zero-order valence-electron chi connectivity index (χ0n) is 27.9. The number of nitrogens with one attached hydrogen (secondary N) is 1. The molecule has 0 radical (unpaired) electrons. The smallest absolute Gasteiger partial charge is 0.328 e. The predicted molar refractivity (Wildman–Crippen MR) is 167 cm³/mol. The molecule has 266 valence electrons. The monoisotopic (exact) mass is 683 g/mol. The topological polar surface area (TPSA) is 220 Å². The Morgan fingerprint density at radius 2 is 1.82 bits per heavy atom. The molecule has 1 amide bonds. The molecule has 0 heterocycles. The van der Waals surface area contributed by atoms with Crippen molar-refractivity contribution in [1.82, 2.24) is 5.32 Å². The van der Waals surface area contributed by atoms with Crippen LogP contribution in [0.2, 0.25) is 0 Å². The number of carbonyl (C=O) groups excluding carboxylic acids is 6. The number of esters is 2. The summed E-state index contributed by atoms with van der Waals surface area (Å²) in [5.74, 6) is -4.15. The third-order valence-electron chi connectivity index (χ3n) is 11.7. The highest BCUT2D eigenvalue weighted by atomic mass is 16.8. The van der Waals surface area contributed by atoms with Gasteiger partial charge in [0.2, 0.25) is 11.7 Å². The van der Waals surface area contributed by atoms with Crippen LogP contribution in [0.1, 0.15) is 77.2 Å². The SMILES string of the molecule is COC(=O)C(Cc1ccc([O-])c(N(O)O)c1)NC(=O)CCC(=O)OCC(=O)[C@@]1(O)CC[C@H]2[C@@H]3CCC4=CC(=O)CC[C@]4(C)[C@H]3C(=O)C[C@@]21C. The molecule has 0 bridgehead atoms. The molecular formula is C35H43N2O12-. The molecule has 0 aliphatic heterocycles. The minimum absolute atomic E-state index is 0.00791. The molecule has 4 N–H and O–H groups in total. The number of Topliss-reactive ketones (excluding diaryl/α,β-unsaturated/α-hetero) is 2. The molecule has 14 heteroatoms. The second-order valence-corrected chi connectivity index (χ2v) is 14.3. The lowest BCUT2D eigenvalue weighted by Gasteiger charge is -2.57.